The average molecular weight is 419 g/mol. The predicted molar refractivity (Wildman–Crippen MR) is 101 cm³/mol. The van der Waals surface area contributed by atoms with E-state index >= 15 is 4.39 Å². The first-order chi connectivity index (χ1) is 13.2. The molecule has 2 aliphatic carbocycles. The first kappa shape index (κ1) is 22.5. The summed E-state index contributed by atoms with van der Waals surface area (Å²) in [6.07, 6.45) is 4.98. The second-order valence-corrected chi connectivity index (χ2v) is 7.94. The number of hydrogen-bond acceptors (Lipinski definition) is 2. The highest BCUT2D eigenvalue weighted by Gasteiger charge is 2.46. The molecule has 28 heavy (non-hydrogen) atoms. The van der Waals surface area contributed by atoms with Gasteiger partial charge >= 0.3 is 0 Å². The zero-order chi connectivity index (χ0) is 20.9. The first-order valence-corrected chi connectivity index (χ1v) is 9.92. The van der Waals surface area contributed by atoms with Crippen molar-refractivity contribution < 1.29 is 22.8 Å². The lowest BCUT2D eigenvalue weighted by atomic mass is 9.87. The Morgan fingerprint density at radius 3 is 2.25 bits per heavy atom. The highest BCUT2D eigenvalue weighted by Crippen LogP contribution is 2.45. The Bertz CT molecular complexity index is 714. The van der Waals surface area contributed by atoms with Crippen molar-refractivity contribution >= 4 is 23.4 Å². The van der Waals surface area contributed by atoms with Crippen LogP contribution in [0.15, 0.2) is 12.1 Å². The van der Waals surface area contributed by atoms with Gasteiger partial charge in [0.1, 0.15) is 17.3 Å². The number of primary amides is 1. The molecule has 0 bridgehead atoms. The molecule has 1 atom stereocenters. The van der Waals surface area contributed by atoms with E-state index in [1.165, 1.54) is 6.92 Å². The summed E-state index contributed by atoms with van der Waals surface area (Å²) < 4.78 is 44.2. The lowest BCUT2D eigenvalue weighted by Crippen LogP contribution is -2.44. The molecule has 8 heteroatoms. The Morgan fingerprint density at radius 1 is 1.18 bits per heavy atom. The number of amides is 2. The zero-order valence-corrected chi connectivity index (χ0v) is 16.6. The summed E-state index contributed by atoms with van der Waals surface area (Å²) in [5, 5.41) is 2.34. The minimum absolute atomic E-state index is 0.175. The van der Waals surface area contributed by atoms with Gasteiger partial charge in [-0.2, -0.15) is 0 Å². The smallest absolute Gasteiger partial charge is 0.223 e. The maximum atomic E-state index is 15.4. The third-order valence-electron chi connectivity index (χ3n) is 5.33. The van der Waals surface area contributed by atoms with Crippen molar-refractivity contribution in [2.45, 2.75) is 70.0 Å². The van der Waals surface area contributed by atoms with E-state index in [1.54, 1.807) is 0 Å². The average Bonchev–Trinajstić information content (AvgIpc) is 3.29. The Morgan fingerprint density at radius 2 is 1.71 bits per heavy atom. The number of hydrogen-bond donors (Lipinski definition) is 2. The molecular weight excluding hydrogens is 393 g/mol. The topological polar surface area (TPSA) is 72.2 Å². The summed E-state index contributed by atoms with van der Waals surface area (Å²) in [6.45, 7) is 1.31. The maximum Gasteiger partial charge on any atom is 0.223 e. The standard InChI is InChI=1S/C18H21ClF3NO.C2H5NO/c19-12-7-8-13(20)14(15(12)21)16(18(22)9-3-4-10-18)23-17(24)11-5-1-2-6-11;1-2(3)4/h7-8,11,16H,1-6,9-10H2,(H,23,24);1H3,(H2,3,4). The van der Waals surface area contributed by atoms with Gasteiger partial charge in [-0.25, -0.2) is 13.2 Å². The molecular formula is C20H26ClF3N2O2. The van der Waals surface area contributed by atoms with Crippen LogP contribution >= 0.6 is 11.6 Å². The number of carbonyl (C=O) groups excluding carboxylic acids is 2. The lowest BCUT2D eigenvalue weighted by molar-refractivity contribution is -0.127. The minimum Gasteiger partial charge on any atom is -0.370 e. The van der Waals surface area contributed by atoms with Gasteiger partial charge in [0.25, 0.3) is 0 Å². The highest BCUT2D eigenvalue weighted by atomic mass is 35.5. The molecule has 2 saturated carbocycles. The minimum atomic E-state index is -1.85. The Labute approximate surface area is 168 Å². The molecule has 0 aliphatic heterocycles. The fraction of sp³-hybridized carbons (Fsp3) is 0.600. The highest BCUT2D eigenvalue weighted by molar-refractivity contribution is 6.30. The van der Waals surface area contributed by atoms with Crippen molar-refractivity contribution in [3.8, 4) is 0 Å². The molecule has 0 heterocycles. The fourth-order valence-corrected chi connectivity index (χ4v) is 4.13. The van der Waals surface area contributed by atoms with E-state index in [0.29, 0.717) is 12.8 Å². The summed E-state index contributed by atoms with van der Waals surface area (Å²) in [7, 11) is 0. The van der Waals surface area contributed by atoms with Gasteiger partial charge in [0.15, 0.2) is 0 Å². The number of carbonyl (C=O) groups is 2. The van der Waals surface area contributed by atoms with E-state index in [9.17, 15) is 18.4 Å². The SMILES string of the molecule is CC(N)=O.O=C(NC(c1c(F)ccc(Cl)c1F)C1(F)CCCC1)C1CCCC1. The van der Waals surface area contributed by atoms with E-state index in [4.69, 9.17) is 11.6 Å². The van der Waals surface area contributed by atoms with Gasteiger partial charge in [-0.15, -0.1) is 0 Å². The summed E-state index contributed by atoms with van der Waals surface area (Å²) in [6, 6.07) is 0.783. The summed E-state index contributed by atoms with van der Waals surface area (Å²) >= 11 is 5.77. The van der Waals surface area contributed by atoms with Crippen LogP contribution in [0.1, 0.15) is 69.9 Å². The molecule has 1 unspecified atom stereocenters. The summed E-state index contributed by atoms with van der Waals surface area (Å²) in [5.41, 5.74) is 2.17. The van der Waals surface area contributed by atoms with E-state index in [-0.39, 0.29) is 35.6 Å². The fourth-order valence-electron chi connectivity index (χ4n) is 3.97. The summed E-state index contributed by atoms with van der Waals surface area (Å²) in [4.78, 5) is 21.7. The number of halogens is 4. The van der Waals surface area contributed by atoms with Crippen molar-refractivity contribution in [2.75, 3.05) is 0 Å². The van der Waals surface area contributed by atoms with Gasteiger partial charge in [0.05, 0.1) is 16.6 Å². The van der Waals surface area contributed by atoms with Crippen LogP contribution in [0.5, 0.6) is 0 Å². The maximum absolute atomic E-state index is 15.4. The van der Waals surface area contributed by atoms with Gasteiger partial charge in [0, 0.05) is 12.8 Å². The van der Waals surface area contributed by atoms with Crippen LogP contribution in [0.25, 0.3) is 0 Å². The van der Waals surface area contributed by atoms with Crippen molar-refractivity contribution in [1.82, 2.24) is 5.32 Å². The molecule has 1 aromatic rings. The Balaban J connectivity index is 0.000000640. The molecule has 0 spiro atoms. The number of benzene rings is 1. The second-order valence-electron chi connectivity index (χ2n) is 7.53. The number of nitrogens with two attached hydrogens (primary N) is 1. The largest absolute Gasteiger partial charge is 0.370 e. The number of nitrogens with one attached hydrogen (secondary N) is 1. The molecule has 156 valence electrons. The monoisotopic (exact) mass is 418 g/mol. The molecule has 0 aromatic heterocycles. The lowest BCUT2D eigenvalue weighted by Gasteiger charge is -2.32. The molecule has 3 N–H and O–H groups in total. The Hall–Kier alpha value is -1.76. The van der Waals surface area contributed by atoms with Gasteiger partial charge < -0.3 is 11.1 Å². The third kappa shape index (κ3) is 5.40. The number of rotatable bonds is 4. The molecule has 2 fully saturated rings. The van der Waals surface area contributed by atoms with Crippen LogP contribution in [0, 0.1) is 17.6 Å². The quantitative estimate of drug-likeness (QED) is 0.693. The normalized spacial score (nSPS) is 19.6. The van der Waals surface area contributed by atoms with Crippen molar-refractivity contribution in [1.29, 1.82) is 0 Å². The van der Waals surface area contributed by atoms with E-state index in [1.807, 2.05) is 0 Å². The molecule has 4 nitrogen and oxygen atoms in total. The van der Waals surface area contributed by atoms with Gasteiger partial charge in [-0.3, -0.25) is 9.59 Å². The Kier molecular flexibility index (Phi) is 7.75. The van der Waals surface area contributed by atoms with Crippen molar-refractivity contribution in [2.24, 2.45) is 11.7 Å². The molecule has 2 aliphatic rings. The predicted octanol–water partition coefficient (Wildman–Crippen LogP) is 4.74. The molecule has 0 saturated heterocycles. The van der Waals surface area contributed by atoms with Crippen molar-refractivity contribution in [3.63, 3.8) is 0 Å². The van der Waals surface area contributed by atoms with Gasteiger partial charge in [-0.1, -0.05) is 37.3 Å². The molecule has 0 radical (unpaired) electrons. The van der Waals surface area contributed by atoms with E-state index in [2.05, 4.69) is 11.1 Å². The number of alkyl halides is 1. The van der Waals surface area contributed by atoms with Crippen LogP contribution in [-0.4, -0.2) is 17.5 Å². The first-order valence-electron chi connectivity index (χ1n) is 9.54. The van der Waals surface area contributed by atoms with Gasteiger partial charge in [0.2, 0.25) is 11.8 Å². The van der Waals surface area contributed by atoms with Crippen LogP contribution in [0.3, 0.4) is 0 Å². The second kappa shape index (κ2) is 9.63. The van der Waals surface area contributed by atoms with Crippen LogP contribution in [-0.2, 0) is 9.59 Å². The molecule has 2 amide bonds. The third-order valence-corrected chi connectivity index (χ3v) is 5.62. The molecule has 3 rings (SSSR count). The van der Waals surface area contributed by atoms with Crippen molar-refractivity contribution in [3.05, 3.63) is 34.4 Å². The van der Waals surface area contributed by atoms with Crippen LogP contribution < -0.4 is 11.1 Å². The van der Waals surface area contributed by atoms with Crippen LogP contribution in [0.2, 0.25) is 5.02 Å². The van der Waals surface area contributed by atoms with Crippen LogP contribution in [0.4, 0.5) is 13.2 Å². The van der Waals surface area contributed by atoms with E-state index in [0.717, 1.165) is 37.8 Å². The zero-order valence-electron chi connectivity index (χ0n) is 15.9. The van der Waals surface area contributed by atoms with E-state index < -0.39 is 28.9 Å². The van der Waals surface area contributed by atoms with Gasteiger partial charge in [-0.05, 0) is 37.8 Å². The molecule has 1 aromatic carbocycles. The summed E-state index contributed by atoms with van der Waals surface area (Å²) in [5.74, 6) is -2.72.